The van der Waals surface area contributed by atoms with Gasteiger partial charge in [-0.25, -0.2) is 14.3 Å². The number of hydrogen-bond acceptors (Lipinski definition) is 6. The molecule has 1 aromatic carbocycles. The standard InChI is InChI=1S/C27H24ClF5IN7O2/c1-14-8-15(34)9-18(24(43)36-25(2,3)4)17(14)11-21(42)20-10-16(38-41(20)23-19(28)6-5-7-35-23)12-40-13-22(37-39-40)26(29,30)27(31,32)33/h5-10,13H,11-12H2,1-4H3,(H,36,43). The van der Waals surface area contributed by atoms with E-state index in [9.17, 15) is 31.5 Å². The number of nitrogens with one attached hydrogen (secondary N) is 1. The highest BCUT2D eigenvalue weighted by Gasteiger charge is 2.60. The summed E-state index contributed by atoms with van der Waals surface area (Å²) < 4.78 is 68.5. The summed E-state index contributed by atoms with van der Waals surface area (Å²) in [5.74, 6) is -5.99. The molecule has 0 radical (unpaired) electrons. The van der Waals surface area contributed by atoms with Crippen LogP contribution in [0, 0.1) is 10.5 Å². The lowest BCUT2D eigenvalue weighted by Gasteiger charge is -2.22. The number of rotatable bonds is 8. The summed E-state index contributed by atoms with van der Waals surface area (Å²) in [6.07, 6.45) is -4.22. The van der Waals surface area contributed by atoms with Gasteiger partial charge in [-0.1, -0.05) is 16.8 Å². The van der Waals surface area contributed by atoms with Crippen LogP contribution in [0.4, 0.5) is 22.0 Å². The first-order valence-electron chi connectivity index (χ1n) is 12.6. The molecule has 1 N–H and O–H groups in total. The van der Waals surface area contributed by atoms with E-state index in [-0.39, 0.29) is 34.6 Å². The molecule has 0 unspecified atom stereocenters. The second-order valence-corrected chi connectivity index (χ2v) is 12.3. The molecule has 0 saturated carbocycles. The first-order valence-corrected chi connectivity index (χ1v) is 14.0. The Morgan fingerprint density at radius 2 is 1.79 bits per heavy atom. The number of carbonyl (C=O) groups is 2. The highest BCUT2D eigenvalue weighted by atomic mass is 127. The Balaban J connectivity index is 1.74. The molecule has 9 nitrogen and oxygen atoms in total. The van der Waals surface area contributed by atoms with Crippen LogP contribution in [0.1, 0.15) is 64.1 Å². The van der Waals surface area contributed by atoms with Crippen molar-refractivity contribution < 1.29 is 31.5 Å². The summed E-state index contributed by atoms with van der Waals surface area (Å²) in [5, 5.41) is 13.7. The second-order valence-electron chi connectivity index (χ2n) is 10.7. The number of alkyl halides is 5. The molecule has 0 saturated heterocycles. The zero-order valence-electron chi connectivity index (χ0n) is 23.1. The first kappa shape index (κ1) is 32.4. The van der Waals surface area contributed by atoms with Gasteiger partial charge in [0.1, 0.15) is 5.69 Å². The lowest BCUT2D eigenvalue weighted by molar-refractivity contribution is -0.291. The van der Waals surface area contributed by atoms with Crippen molar-refractivity contribution in [3.8, 4) is 5.82 Å². The number of halogens is 7. The van der Waals surface area contributed by atoms with Gasteiger partial charge in [-0.05, 0) is 91.7 Å². The fraction of sp³-hybridized carbons (Fsp3) is 0.333. The molecule has 16 heteroatoms. The van der Waals surface area contributed by atoms with Crippen molar-refractivity contribution in [2.24, 2.45) is 0 Å². The van der Waals surface area contributed by atoms with Crippen LogP contribution in [0.3, 0.4) is 0 Å². The van der Waals surface area contributed by atoms with Gasteiger partial charge >= 0.3 is 12.1 Å². The molecular weight excluding hydrogens is 712 g/mol. The van der Waals surface area contributed by atoms with E-state index in [1.807, 2.05) is 26.8 Å². The Bertz CT molecular complexity index is 1700. The molecule has 3 aromatic heterocycles. The third-order valence-corrected chi connectivity index (χ3v) is 6.95. The maximum atomic E-state index is 13.8. The Morgan fingerprint density at radius 3 is 2.42 bits per heavy atom. The fourth-order valence-corrected chi connectivity index (χ4v) is 5.08. The molecule has 4 rings (SSSR count). The topological polar surface area (TPSA) is 108 Å². The van der Waals surface area contributed by atoms with Gasteiger partial charge in [-0.3, -0.25) is 9.59 Å². The van der Waals surface area contributed by atoms with E-state index >= 15 is 0 Å². The van der Waals surface area contributed by atoms with E-state index in [0.717, 1.165) is 12.9 Å². The van der Waals surface area contributed by atoms with Crippen LogP contribution in [0.15, 0.2) is 42.7 Å². The van der Waals surface area contributed by atoms with E-state index in [2.05, 4.69) is 48.3 Å². The maximum absolute atomic E-state index is 13.8. The summed E-state index contributed by atoms with van der Waals surface area (Å²) in [6.45, 7) is 6.86. The van der Waals surface area contributed by atoms with Crippen molar-refractivity contribution in [2.45, 2.75) is 58.3 Å². The smallest absolute Gasteiger partial charge is 0.347 e. The van der Waals surface area contributed by atoms with Crippen molar-refractivity contribution in [1.82, 2.24) is 35.1 Å². The molecule has 0 aliphatic carbocycles. The van der Waals surface area contributed by atoms with Gasteiger partial charge in [0, 0.05) is 27.3 Å². The predicted octanol–water partition coefficient (Wildman–Crippen LogP) is 6.08. The minimum Gasteiger partial charge on any atom is -0.347 e. The van der Waals surface area contributed by atoms with Crippen molar-refractivity contribution >= 4 is 45.9 Å². The summed E-state index contributed by atoms with van der Waals surface area (Å²) in [7, 11) is 0. The fourth-order valence-electron chi connectivity index (χ4n) is 4.10. The molecule has 4 aromatic rings. The molecule has 0 aliphatic rings. The number of hydrogen-bond donors (Lipinski definition) is 1. The molecule has 43 heavy (non-hydrogen) atoms. The average Bonchev–Trinajstić information content (AvgIpc) is 3.52. The minimum atomic E-state index is -5.86. The lowest BCUT2D eigenvalue weighted by Crippen LogP contribution is -2.41. The highest BCUT2D eigenvalue weighted by molar-refractivity contribution is 14.1. The molecule has 0 aliphatic heterocycles. The maximum Gasteiger partial charge on any atom is 0.459 e. The third-order valence-electron chi connectivity index (χ3n) is 6.03. The minimum absolute atomic E-state index is 0.0170. The van der Waals surface area contributed by atoms with Crippen LogP contribution in [-0.2, 0) is 18.9 Å². The predicted molar refractivity (Wildman–Crippen MR) is 155 cm³/mol. The van der Waals surface area contributed by atoms with E-state index < -0.39 is 35.7 Å². The summed E-state index contributed by atoms with van der Waals surface area (Å²) >= 11 is 8.41. The van der Waals surface area contributed by atoms with Gasteiger partial charge in [0.15, 0.2) is 17.3 Å². The number of benzene rings is 1. The van der Waals surface area contributed by atoms with Crippen molar-refractivity contribution in [2.75, 3.05) is 0 Å². The van der Waals surface area contributed by atoms with Gasteiger partial charge in [0.2, 0.25) is 0 Å². The van der Waals surface area contributed by atoms with Gasteiger partial charge in [0.05, 0.1) is 23.5 Å². The number of amides is 1. The molecule has 0 fully saturated rings. The Morgan fingerprint density at radius 1 is 1.09 bits per heavy atom. The van der Waals surface area contributed by atoms with Crippen LogP contribution in [0.25, 0.3) is 5.82 Å². The van der Waals surface area contributed by atoms with Crippen LogP contribution in [-0.4, -0.2) is 53.2 Å². The lowest BCUT2D eigenvalue weighted by atomic mass is 9.95. The SMILES string of the molecule is Cc1cc(I)cc(C(=O)NC(C)(C)C)c1CC(=O)c1cc(Cn2cc(C(F)(F)C(F)(F)F)nn2)nn1-c1ncccc1Cl. The number of aromatic nitrogens is 6. The van der Waals surface area contributed by atoms with E-state index in [0.29, 0.717) is 22.9 Å². The molecule has 0 bridgehead atoms. The third kappa shape index (κ3) is 7.20. The number of pyridine rings is 1. The summed E-state index contributed by atoms with van der Waals surface area (Å²) in [5.41, 5.74) is -0.582. The van der Waals surface area contributed by atoms with Crippen LogP contribution < -0.4 is 5.32 Å². The number of aryl methyl sites for hydroxylation is 1. The number of Topliss-reactive ketones (excluding diaryl/α,β-unsaturated/α-hetero) is 1. The summed E-state index contributed by atoms with van der Waals surface area (Å²) in [6, 6.07) is 7.90. The Labute approximate surface area is 261 Å². The van der Waals surface area contributed by atoms with Gasteiger partial charge in [0.25, 0.3) is 5.91 Å². The summed E-state index contributed by atoms with van der Waals surface area (Å²) in [4.78, 5) is 31.2. The number of nitrogens with zero attached hydrogens (tertiary/aromatic N) is 6. The zero-order chi connectivity index (χ0) is 31.9. The van der Waals surface area contributed by atoms with Gasteiger partial charge < -0.3 is 5.32 Å². The van der Waals surface area contributed by atoms with Crippen molar-refractivity contribution in [1.29, 1.82) is 0 Å². The monoisotopic (exact) mass is 735 g/mol. The quantitative estimate of drug-likeness (QED) is 0.134. The molecule has 0 spiro atoms. The van der Waals surface area contributed by atoms with E-state index in [4.69, 9.17) is 11.6 Å². The van der Waals surface area contributed by atoms with E-state index in [1.165, 1.54) is 18.3 Å². The first-order chi connectivity index (χ1) is 19.9. The molecule has 3 heterocycles. The largest absolute Gasteiger partial charge is 0.459 e. The average molecular weight is 736 g/mol. The van der Waals surface area contributed by atoms with Crippen LogP contribution >= 0.6 is 34.2 Å². The molecule has 0 atom stereocenters. The normalized spacial score (nSPS) is 12.4. The number of carbonyl (C=O) groups excluding carboxylic acids is 2. The Hall–Kier alpha value is -3.47. The van der Waals surface area contributed by atoms with Gasteiger partial charge in [-0.15, -0.1) is 5.10 Å². The van der Waals surface area contributed by atoms with Crippen LogP contribution in [0.2, 0.25) is 5.02 Å². The molecule has 1 amide bonds. The Kier molecular flexibility index (Phi) is 8.98. The number of ketones is 1. The molecular formula is C27H24ClF5IN7O2. The van der Waals surface area contributed by atoms with Crippen molar-refractivity contribution in [3.63, 3.8) is 0 Å². The van der Waals surface area contributed by atoms with Gasteiger partial charge in [-0.2, -0.15) is 27.1 Å². The van der Waals surface area contributed by atoms with Crippen LogP contribution in [0.5, 0.6) is 0 Å². The molecule has 228 valence electrons. The zero-order valence-corrected chi connectivity index (χ0v) is 26.0. The van der Waals surface area contributed by atoms with E-state index in [1.54, 1.807) is 19.1 Å². The van der Waals surface area contributed by atoms with Crippen molar-refractivity contribution in [3.05, 3.63) is 85.1 Å². The second kappa shape index (κ2) is 11.9. The highest BCUT2D eigenvalue weighted by Crippen LogP contribution is 2.42.